The minimum Gasteiger partial charge on any atom is -0.492 e. The van der Waals surface area contributed by atoms with Gasteiger partial charge in [-0.3, -0.25) is 9.59 Å². The fraction of sp³-hybridized carbons (Fsp3) is 0.636. The lowest BCUT2D eigenvalue weighted by Gasteiger charge is -2.51. The maximum atomic E-state index is 13.2. The Balaban J connectivity index is 2.02. The van der Waals surface area contributed by atoms with Crippen LogP contribution in [-0.2, 0) is 38.1 Å². The zero-order chi connectivity index (χ0) is 33.0. The van der Waals surface area contributed by atoms with Crippen LogP contribution in [0.5, 0.6) is 5.75 Å². The van der Waals surface area contributed by atoms with Crippen LogP contribution in [0.4, 0.5) is 0 Å². The number of carbonyl (C=O) groups excluding carboxylic acids is 4. The second-order valence-electron chi connectivity index (χ2n) is 12.0. The first-order valence-corrected chi connectivity index (χ1v) is 15.5. The first kappa shape index (κ1) is 36.0. The molecule has 3 rings (SSSR count). The summed E-state index contributed by atoms with van der Waals surface area (Å²) >= 11 is 0. The molecule has 2 aliphatic rings. The Hall–Kier alpha value is -3.48. The molecule has 1 aromatic rings. The number of cyclic esters (lactones) is 2. The van der Waals surface area contributed by atoms with E-state index in [1.165, 1.54) is 13.2 Å². The van der Waals surface area contributed by atoms with Crippen LogP contribution in [0.2, 0.25) is 0 Å². The Bertz CT molecular complexity index is 1210. The lowest BCUT2D eigenvalue weighted by molar-refractivity contribution is -0.340. The fourth-order valence-corrected chi connectivity index (χ4v) is 5.32. The second kappa shape index (κ2) is 16.7. The smallest absolute Gasteiger partial charge is 0.341 e. The molecule has 12 nitrogen and oxygen atoms in total. The minimum absolute atomic E-state index is 0.0216. The third-order valence-electron chi connectivity index (χ3n) is 7.97. The molecular formula is C33H46O12. The topological polar surface area (TPSA) is 164 Å². The molecule has 2 aliphatic heterocycles. The van der Waals surface area contributed by atoms with Gasteiger partial charge in [0.25, 0.3) is 0 Å². The molecule has 0 radical (unpaired) electrons. The largest absolute Gasteiger partial charge is 0.492 e. The Morgan fingerprint density at radius 2 is 1.82 bits per heavy atom. The van der Waals surface area contributed by atoms with Crippen molar-refractivity contribution in [1.29, 1.82) is 0 Å². The van der Waals surface area contributed by atoms with E-state index in [0.29, 0.717) is 6.42 Å². The first-order valence-electron chi connectivity index (χ1n) is 15.5. The summed E-state index contributed by atoms with van der Waals surface area (Å²) in [6.45, 7) is 4.20. The standard InChI is InChI=1S/C33H46O12/c1-5-6-7-8-9-14-27(35)44-30-22(18-29(37)40-4)17-23-19-24(20-34)43-28(36)15-16-41-26-13-11-10-12-25(26)31(38)42-21-32(2,3)33(30,39)45-23/h10-13,18,23-24,30,34,39H,5-9,14-17,19-21H2,1-4H3/b22-18+/t23-,24?,30-,33+/m0/s1. The summed E-state index contributed by atoms with van der Waals surface area (Å²) < 4.78 is 33.7. The van der Waals surface area contributed by atoms with Crippen LogP contribution in [-0.4, -0.2) is 85.1 Å². The van der Waals surface area contributed by atoms with Crippen molar-refractivity contribution in [1.82, 2.24) is 0 Å². The number of methoxy groups -OCH3 is 1. The Morgan fingerprint density at radius 3 is 2.53 bits per heavy atom. The van der Waals surface area contributed by atoms with Crippen molar-refractivity contribution in [2.75, 3.05) is 26.9 Å². The highest BCUT2D eigenvalue weighted by Crippen LogP contribution is 2.46. The monoisotopic (exact) mass is 634 g/mol. The summed E-state index contributed by atoms with van der Waals surface area (Å²) in [6.07, 6.45) is 2.01. The van der Waals surface area contributed by atoms with E-state index in [1.807, 2.05) is 0 Å². The molecule has 2 N–H and O–H groups in total. The van der Waals surface area contributed by atoms with Gasteiger partial charge < -0.3 is 38.6 Å². The van der Waals surface area contributed by atoms with E-state index in [1.54, 1.807) is 32.0 Å². The van der Waals surface area contributed by atoms with Gasteiger partial charge in [0.2, 0.25) is 5.79 Å². The molecule has 250 valence electrons. The third-order valence-corrected chi connectivity index (χ3v) is 7.97. The predicted octanol–water partition coefficient (Wildman–Crippen LogP) is 3.80. The lowest BCUT2D eigenvalue weighted by atomic mass is 9.75. The molecule has 2 heterocycles. The van der Waals surface area contributed by atoms with Gasteiger partial charge in [-0.25, -0.2) is 9.59 Å². The number of aliphatic hydroxyl groups is 2. The minimum atomic E-state index is -2.34. The van der Waals surface area contributed by atoms with Crippen LogP contribution in [0.15, 0.2) is 35.9 Å². The van der Waals surface area contributed by atoms with Crippen LogP contribution in [0.25, 0.3) is 0 Å². The van der Waals surface area contributed by atoms with Gasteiger partial charge in [-0.2, -0.15) is 0 Å². The van der Waals surface area contributed by atoms with Crippen molar-refractivity contribution in [3.05, 3.63) is 41.5 Å². The number of aliphatic hydroxyl groups excluding tert-OH is 1. The van der Waals surface area contributed by atoms with Crippen molar-refractivity contribution < 1.29 is 57.8 Å². The quantitative estimate of drug-likeness (QED) is 0.175. The van der Waals surface area contributed by atoms with Crippen LogP contribution < -0.4 is 4.74 Å². The van der Waals surface area contributed by atoms with E-state index in [0.717, 1.165) is 31.8 Å². The highest BCUT2D eigenvalue weighted by Gasteiger charge is 2.59. The van der Waals surface area contributed by atoms with Crippen molar-refractivity contribution in [3.63, 3.8) is 0 Å². The summed E-state index contributed by atoms with van der Waals surface area (Å²) in [6, 6.07) is 6.33. The number of benzene rings is 1. The van der Waals surface area contributed by atoms with Gasteiger partial charge in [0, 0.05) is 18.9 Å². The molecule has 0 saturated carbocycles. The van der Waals surface area contributed by atoms with Gasteiger partial charge in [0.05, 0.1) is 38.3 Å². The number of ether oxygens (including phenoxy) is 6. The van der Waals surface area contributed by atoms with E-state index in [2.05, 4.69) is 6.92 Å². The van der Waals surface area contributed by atoms with Gasteiger partial charge in [-0.05, 0) is 30.5 Å². The molecule has 1 saturated heterocycles. The SMILES string of the molecule is CCCCCCCC(=O)O[C@H]1/C(=C/C(=O)OC)C[C@H]2CC(CO)OC(=O)CCOc3ccccc3C(=O)OCC(C)(C)[C@]1(O)O2. The molecular weight excluding hydrogens is 588 g/mol. The van der Waals surface area contributed by atoms with Crippen LogP contribution in [0, 0.1) is 5.41 Å². The van der Waals surface area contributed by atoms with Gasteiger partial charge in [-0.1, -0.05) is 58.6 Å². The second-order valence-corrected chi connectivity index (χ2v) is 12.0. The molecule has 1 unspecified atom stereocenters. The third kappa shape index (κ3) is 9.75. The van der Waals surface area contributed by atoms with Crippen LogP contribution in [0.1, 0.15) is 88.9 Å². The highest BCUT2D eigenvalue weighted by atomic mass is 16.7. The van der Waals surface area contributed by atoms with Gasteiger partial charge in [0.15, 0.2) is 6.10 Å². The molecule has 12 heteroatoms. The number of carbonyl (C=O) groups is 4. The Labute approximate surface area is 263 Å². The van der Waals surface area contributed by atoms with Crippen molar-refractivity contribution >= 4 is 23.9 Å². The molecule has 45 heavy (non-hydrogen) atoms. The molecule has 0 spiro atoms. The average molecular weight is 635 g/mol. The Kier molecular flexibility index (Phi) is 13.4. The summed E-state index contributed by atoms with van der Waals surface area (Å²) in [5.41, 5.74) is -1.16. The maximum absolute atomic E-state index is 13.2. The molecule has 0 amide bonds. The van der Waals surface area contributed by atoms with Crippen LogP contribution in [0.3, 0.4) is 0 Å². The molecule has 2 bridgehead atoms. The van der Waals surface area contributed by atoms with Crippen molar-refractivity contribution in [2.45, 2.75) is 103 Å². The molecule has 0 aliphatic carbocycles. The van der Waals surface area contributed by atoms with Gasteiger partial charge in [0.1, 0.15) is 24.0 Å². The fourth-order valence-electron chi connectivity index (χ4n) is 5.32. The van der Waals surface area contributed by atoms with E-state index in [9.17, 15) is 29.4 Å². The average Bonchev–Trinajstić information content (AvgIpc) is 3.00. The maximum Gasteiger partial charge on any atom is 0.341 e. The van der Waals surface area contributed by atoms with Gasteiger partial charge in [-0.15, -0.1) is 0 Å². The molecule has 1 aromatic carbocycles. The lowest BCUT2D eigenvalue weighted by Crippen LogP contribution is -2.63. The molecule has 1 fully saturated rings. The molecule has 0 aromatic heterocycles. The zero-order valence-corrected chi connectivity index (χ0v) is 26.6. The number of hydrogen-bond donors (Lipinski definition) is 2. The summed E-state index contributed by atoms with van der Waals surface area (Å²) in [5.74, 6) is -4.93. The predicted molar refractivity (Wildman–Crippen MR) is 160 cm³/mol. The Morgan fingerprint density at radius 1 is 1.09 bits per heavy atom. The number of hydrogen-bond acceptors (Lipinski definition) is 12. The van der Waals surface area contributed by atoms with Crippen molar-refractivity contribution in [2.24, 2.45) is 5.41 Å². The summed E-state index contributed by atoms with van der Waals surface area (Å²) in [4.78, 5) is 51.4. The highest BCUT2D eigenvalue weighted by molar-refractivity contribution is 5.92. The number of unbranched alkanes of at least 4 members (excludes halogenated alkanes) is 4. The van der Waals surface area contributed by atoms with E-state index >= 15 is 0 Å². The number of para-hydroxylation sites is 1. The van der Waals surface area contributed by atoms with E-state index in [4.69, 9.17) is 28.4 Å². The van der Waals surface area contributed by atoms with Gasteiger partial charge >= 0.3 is 23.9 Å². The van der Waals surface area contributed by atoms with Crippen LogP contribution >= 0.6 is 0 Å². The normalized spacial score (nSPS) is 26.5. The number of rotatable bonds is 9. The summed E-state index contributed by atoms with van der Waals surface area (Å²) in [5, 5.41) is 22.4. The zero-order valence-electron chi connectivity index (χ0n) is 26.6. The number of fused-ring (bicyclic) bond motifs is 3. The first-order chi connectivity index (χ1) is 21.4. The number of esters is 4. The molecule has 4 atom stereocenters. The van der Waals surface area contributed by atoms with E-state index in [-0.39, 0.29) is 49.2 Å². The summed E-state index contributed by atoms with van der Waals surface area (Å²) in [7, 11) is 1.19. The van der Waals surface area contributed by atoms with E-state index < -0.39 is 66.6 Å². The van der Waals surface area contributed by atoms with Crippen molar-refractivity contribution in [3.8, 4) is 5.75 Å².